The number of imide groups is 3. The standard InChI is InChI=1S/C30H25N3O9/c1-39-22-10-9-16(11-17(22)15-32-27(35)19-7-5-6-8-20(19)28(32)36)12-21-26(34)31-30(38)33(29(21)37)18-13-23(40-2)25(42-4)24(14-18)41-3/h5-14H,15H2,1-4H3,(H,31,34,38)/b21-12-. The van der Waals surface area contributed by atoms with Crippen LogP contribution in [0.2, 0.25) is 0 Å². The first kappa shape index (κ1) is 27.9. The van der Waals surface area contributed by atoms with Gasteiger partial charge < -0.3 is 18.9 Å². The smallest absolute Gasteiger partial charge is 0.335 e. The van der Waals surface area contributed by atoms with Gasteiger partial charge in [0.1, 0.15) is 11.3 Å². The molecule has 42 heavy (non-hydrogen) atoms. The van der Waals surface area contributed by atoms with Gasteiger partial charge in [0.05, 0.1) is 51.8 Å². The maximum absolute atomic E-state index is 13.5. The molecule has 0 bridgehead atoms. The second kappa shape index (κ2) is 11.1. The molecule has 2 aliphatic heterocycles. The molecule has 6 amide bonds. The van der Waals surface area contributed by atoms with Crippen LogP contribution in [-0.2, 0) is 16.1 Å². The number of nitrogens with one attached hydrogen (secondary N) is 1. The van der Waals surface area contributed by atoms with Crippen LogP contribution < -0.4 is 29.2 Å². The molecule has 0 aromatic heterocycles. The molecule has 0 spiro atoms. The van der Waals surface area contributed by atoms with Crippen LogP contribution in [0.4, 0.5) is 10.5 Å². The molecule has 5 rings (SSSR count). The van der Waals surface area contributed by atoms with Crippen molar-refractivity contribution >= 4 is 41.4 Å². The number of barbiturate groups is 1. The molecular weight excluding hydrogens is 546 g/mol. The van der Waals surface area contributed by atoms with Crippen molar-refractivity contribution in [1.29, 1.82) is 0 Å². The van der Waals surface area contributed by atoms with Gasteiger partial charge in [-0.15, -0.1) is 0 Å². The zero-order valence-corrected chi connectivity index (χ0v) is 23.0. The molecule has 214 valence electrons. The molecule has 0 aliphatic carbocycles. The number of carbonyl (C=O) groups excluding carboxylic acids is 5. The zero-order chi connectivity index (χ0) is 30.1. The lowest BCUT2D eigenvalue weighted by molar-refractivity contribution is -0.122. The second-order valence-electron chi connectivity index (χ2n) is 9.15. The van der Waals surface area contributed by atoms with E-state index in [2.05, 4.69) is 5.32 Å². The molecule has 2 heterocycles. The van der Waals surface area contributed by atoms with Crippen molar-refractivity contribution in [2.75, 3.05) is 33.3 Å². The molecule has 0 unspecified atom stereocenters. The zero-order valence-electron chi connectivity index (χ0n) is 23.0. The minimum atomic E-state index is -0.961. The molecule has 12 heteroatoms. The van der Waals surface area contributed by atoms with Gasteiger partial charge in [-0.1, -0.05) is 18.2 Å². The maximum atomic E-state index is 13.5. The van der Waals surface area contributed by atoms with Gasteiger partial charge in [-0.2, -0.15) is 0 Å². The third kappa shape index (κ3) is 4.68. The van der Waals surface area contributed by atoms with Crippen LogP contribution in [0.5, 0.6) is 23.0 Å². The van der Waals surface area contributed by atoms with E-state index in [1.807, 2.05) is 0 Å². The van der Waals surface area contributed by atoms with Gasteiger partial charge >= 0.3 is 6.03 Å². The van der Waals surface area contributed by atoms with Crippen molar-refractivity contribution < 1.29 is 42.9 Å². The van der Waals surface area contributed by atoms with Crippen LogP contribution in [0.25, 0.3) is 6.08 Å². The van der Waals surface area contributed by atoms with Gasteiger partial charge in [0, 0.05) is 17.7 Å². The highest BCUT2D eigenvalue weighted by Gasteiger charge is 2.38. The van der Waals surface area contributed by atoms with Gasteiger partial charge in [0.25, 0.3) is 23.6 Å². The Morgan fingerprint density at radius 2 is 1.31 bits per heavy atom. The van der Waals surface area contributed by atoms with Gasteiger partial charge in [0.2, 0.25) is 5.75 Å². The molecule has 1 saturated heterocycles. The largest absolute Gasteiger partial charge is 0.496 e. The van der Waals surface area contributed by atoms with Crippen LogP contribution in [0.15, 0.2) is 60.2 Å². The third-order valence-corrected chi connectivity index (χ3v) is 6.83. The van der Waals surface area contributed by atoms with Crippen LogP contribution in [0.3, 0.4) is 0 Å². The Bertz CT molecular complexity index is 1630. The second-order valence-corrected chi connectivity index (χ2v) is 9.15. The van der Waals surface area contributed by atoms with E-state index in [0.29, 0.717) is 28.0 Å². The Morgan fingerprint density at radius 1 is 0.714 bits per heavy atom. The minimum Gasteiger partial charge on any atom is -0.496 e. The summed E-state index contributed by atoms with van der Waals surface area (Å²) in [5.74, 6) is -1.63. The summed E-state index contributed by atoms with van der Waals surface area (Å²) in [6.07, 6.45) is 1.31. The van der Waals surface area contributed by atoms with Crippen LogP contribution in [0, 0.1) is 0 Å². The number of fused-ring (bicyclic) bond motifs is 1. The summed E-state index contributed by atoms with van der Waals surface area (Å²) in [7, 11) is 5.63. The molecule has 3 aromatic carbocycles. The van der Waals surface area contributed by atoms with Crippen molar-refractivity contribution in [2.45, 2.75) is 6.54 Å². The predicted molar refractivity (Wildman–Crippen MR) is 149 cm³/mol. The van der Waals surface area contributed by atoms with Crippen molar-refractivity contribution in [3.05, 3.63) is 82.4 Å². The van der Waals surface area contributed by atoms with Gasteiger partial charge in [0.15, 0.2) is 11.5 Å². The number of ether oxygens (including phenoxy) is 4. The van der Waals surface area contributed by atoms with Crippen LogP contribution >= 0.6 is 0 Å². The lowest BCUT2D eigenvalue weighted by atomic mass is 10.0. The SMILES string of the molecule is COc1ccc(/C=C2/C(=O)NC(=O)N(c3cc(OC)c(OC)c(OC)c3)C2=O)cc1CN1C(=O)c2ccccc2C1=O. The lowest BCUT2D eigenvalue weighted by Gasteiger charge is -2.27. The van der Waals surface area contributed by atoms with E-state index in [1.54, 1.807) is 42.5 Å². The van der Waals surface area contributed by atoms with E-state index in [4.69, 9.17) is 18.9 Å². The lowest BCUT2D eigenvalue weighted by Crippen LogP contribution is -2.54. The summed E-state index contributed by atoms with van der Waals surface area (Å²) in [6.45, 7) is -0.108. The number of benzene rings is 3. The monoisotopic (exact) mass is 571 g/mol. The number of hydrogen-bond donors (Lipinski definition) is 1. The Kier molecular flexibility index (Phi) is 7.36. The highest BCUT2D eigenvalue weighted by atomic mass is 16.5. The van der Waals surface area contributed by atoms with E-state index in [0.717, 1.165) is 9.80 Å². The highest BCUT2D eigenvalue weighted by Crippen LogP contribution is 2.41. The van der Waals surface area contributed by atoms with E-state index in [9.17, 15) is 24.0 Å². The van der Waals surface area contributed by atoms with Gasteiger partial charge in [-0.05, 0) is 35.9 Å². The fourth-order valence-corrected chi connectivity index (χ4v) is 4.82. The Labute approximate surface area is 240 Å². The first-order valence-electron chi connectivity index (χ1n) is 12.6. The Hall–Kier alpha value is -5.65. The molecule has 1 N–H and O–H groups in total. The quantitative estimate of drug-likeness (QED) is 0.245. The molecule has 12 nitrogen and oxygen atoms in total. The van der Waals surface area contributed by atoms with Crippen molar-refractivity contribution in [3.8, 4) is 23.0 Å². The van der Waals surface area contributed by atoms with E-state index < -0.39 is 29.7 Å². The minimum absolute atomic E-state index is 0.0754. The fraction of sp³-hybridized carbons (Fsp3) is 0.167. The first-order chi connectivity index (χ1) is 20.2. The molecular formula is C30H25N3O9. The number of rotatable bonds is 8. The number of nitrogens with zero attached hydrogens (tertiary/aromatic N) is 2. The van der Waals surface area contributed by atoms with Crippen LogP contribution in [-0.4, -0.2) is 63.0 Å². The van der Waals surface area contributed by atoms with Crippen LogP contribution in [0.1, 0.15) is 31.8 Å². The Balaban J connectivity index is 1.50. The number of amides is 6. The molecule has 1 fully saturated rings. The average Bonchev–Trinajstić information content (AvgIpc) is 3.23. The van der Waals surface area contributed by atoms with Crippen molar-refractivity contribution in [3.63, 3.8) is 0 Å². The average molecular weight is 572 g/mol. The van der Waals surface area contributed by atoms with Gasteiger partial charge in [-0.25, -0.2) is 9.69 Å². The molecule has 0 radical (unpaired) electrons. The Morgan fingerprint density at radius 3 is 1.86 bits per heavy atom. The van der Waals surface area contributed by atoms with E-state index in [1.165, 1.54) is 46.6 Å². The maximum Gasteiger partial charge on any atom is 0.335 e. The first-order valence-corrected chi connectivity index (χ1v) is 12.6. The number of hydrogen-bond acceptors (Lipinski definition) is 9. The summed E-state index contributed by atoms with van der Waals surface area (Å²) >= 11 is 0. The summed E-state index contributed by atoms with van der Waals surface area (Å²) in [5.41, 5.74) is 1.20. The normalized spacial score (nSPS) is 15.6. The summed E-state index contributed by atoms with van der Waals surface area (Å²) in [4.78, 5) is 66.9. The third-order valence-electron chi connectivity index (χ3n) is 6.83. The summed E-state index contributed by atoms with van der Waals surface area (Å²) in [6, 6.07) is 13.2. The molecule has 0 atom stereocenters. The van der Waals surface area contributed by atoms with Crippen molar-refractivity contribution in [1.82, 2.24) is 10.2 Å². The van der Waals surface area contributed by atoms with E-state index in [-0.39, 0.29) is 35.1 Å². The number of methoxy groups -OCH3 is 4. The molecule has 3 aromatic rings. The highest BCUT2D eigenvalue weighted by molar-refractivity contribution is 6.39. The predicted octanol–water partition coefficient (Wildman–Crippen LogP) is 3.18. The van der Waals surface area contributed by atoms with E-state index >= 15 is 0 Å². The number of carbonyl (C=O) groups is 5. The van der Waals surface area contributed by atoms with Gasteiger partial charge in [-0.3, -0.25) is 29.4 Å². The number of anilines is 1. The number of urea groups is 1. The summed E-state index contributed by atoms with van der Waals surface area (Å²) < 4.78 is 21.4. The molecule has 2 aliphatic rings. The van der Waals surface area contributed by atoms with Crippen molar-refractivity contribution in [2.24, 2.45) is 0 Å². The summed E-state index contributed by atoms with van der Waals surface area (Å²) in [5, 5.41) is 2.17. The molecule has 0 saturated carbocycles. The topological polar surface area (TPSA) is 141 Å². The fourth-order valence-electron chi connectivity index (χ4n) is 4.82.